The molecule has 78 valence electrons. The number of rotatable bonds is 5. The Kier molecular flexibility index (Phi) is 3.42. The maximum Gasteiger partial charge on any atom is 0.0635 e. The van der Waals surface area contributed by atoms with Gasteiger partial charge in [-0.05, 0) is 31.6 Å². The van der Waals surface area contributed by atoms with E-state index in [1.165, 1.54) is 45.1 Å². The van der Waals surface area contributed by atoms with Crippen LogP contribution in [0.15, 0.2) is 0 Å². The van der Waals surface area contributed by atoms with Crippen molar-refractivity contribution in [2.24, 2.45) is 5.92 Å². The lowest BCUT2D eigenvalue weighted by Gasteiger charge is -2.24. The van der Waals surface area contributed by atoms with Crippen molar-refractivity contribution in [3.63, 3.8) is 0 Å². The molecule has 0 unspecified atom stereocenters. The van der Waals surface area contributed by atoms with Gasteiger partial charge in [-0.15, -0.1) is 0 Å². The van der Waals surface area contributed by atoms with Crippen molar-refractivity contribution in [2.45, 2.75) is 51.0 Å². The molecule has 0 aromatic heterocycles. The van der Waals surface area contributed by atoms with Gasteiger partial charge in [0.2, 0.25) is 0 Å². The summed E-state index contributed by atoms with van der Waals surface area (Å²) >= 11 is 0. The molecule has 0 amide bonds. The van der Waals surface area contributed by atoms with Crippen molar-refractivity contribution < 1.29 is 0 Å². The summed E-state index contributed by atoms with van der Waals surface area (Å²) in [5.41, 5.74) is 0. The second-order valence-corrected chi connectivity index (χ2v) is 4.78. The Balaban J connectivity index is 1.75. The van der Waals surface area contributed by atoms with Crippen LogP contribution in [0.4, 0.5) is 0 Å². The zero-order valence-electron chi connectivity index (χ0n) is 8.91. The van der Waals surface area contributed by atoms with E-state index in [9.17, 15) is 0 Å². The molecule has 0 aliphatic heterocycles. The second-order valence-electron chi connectivity index (χ2n) is 4.78. The zero-order valence-corrected chi connectivity index (χ0v) is 8.91. The minimum absolute atomic E-state index is 0.712. The summed E-state index contributed by atoms with van der Waals surface area (Å²) in [6.07, 6.45) is 9.17. The fraction of sp³-hybridized carbons (Fsp3) is 0.917. The van der Waals surface area contributed by atoms with Crippen molar-refractivity contribution >= 4 is 0 Å². The first kappa shape index (κ1) is 9.98. The van der Waals surface area contributed by atoms with E-state index in [-0.39, 0.29) is 0 Å². The van der Waals surface area contributed by atoms with E-state index >= 15 is 0 Å². The fourth-order valence-corrected chi connectivity index (χ4v) is 2.58. The molecule has 0 aromatic rings. The summed E-state index contributed by atoms with van der Waals surface area (Å²) in [7, 11) is 0. The summed E-state index contributed by atoms with van der Waals surface area (Å²) in [5.74, 6) is 0.939. The monoisotopic (exact) mass is 192 g/mol. The number of hydrogen-bond donors (Lipinski definition) is 0. The van der Waals surface area contributed by atoms with Gasteiger partial charge in [-0.2, -0.15) is 5.26 Å². The van der Waals surface area contributed by atoms with E-state index in [4.69, 9.17) is 5.26 Å². The van der Waals surface area contributed by atoms with Gasteiger partial charge in [0.15, 0.2) is 0 Å². The van der Waals surface area contributed by atoms with Gasteiger partial charge < -0.3 is 0 Å². The molecule has 2 fully saturated rings. The summed E-state index contributed by atoms with van der Waals surface area (Å²) in [5, 5.41) is 8.60. The first-order valence-corrected chi connectivity index (χ1v) is 6.01. The van der Waals surface area contributed by atoms with Crippen LogP contribution < -0.4 is 0 Å². The molecule has 2 aliphatic carbocycles. The minimum Gasteiger partial charge on any atom is -0.299 e. The largest absolute Gasteiger partial charge is 0.299 e. The quantitative estimate of drug-likeness (QED) is 0.669. The van der Waals surface area contributed by atoms with Crippen LogP contribution in [0.1, 0.15) is 44.9 Å². The molecule has 0 N–H and O–H groups in total. The van der Waals surface area contributed by atoms with Gasteiger partial charge in [-0.3, -0.25) is 4.90 Å². The Morgan fingerprint density at radius 1 is 1.14 bits per heavy atom. The smallest absolute Gasteiger partial charge is 0.0635 e. The molecule has 0 aromatic carbocycles. The van der Waals surface area contributed by atoms with E-state index in [2.05, 4.69) is 11.0 Å². The molecule has 0 bridgehead atoms. The van der Waals surface area contributed by atoms with Crippen LogP contribution in [-0.4, -0.2) is 24.0 Å². The predicted octanol–water partition coefficient (Wildman–Crippen LogP) is 2.55. The topological polar surface area (TPSA) is 27.0 Å². The van der Waals surface area contributed by atoms with E-state index in [1.807, 2.05) is 0 Å². The van der Waals surface area contributed by atoms with Gasteiger partial charge in [-0.25, -0.2) is 0 Å². The lowest BCUT2D eigenvalue weighted by atomic mass is 10.1. The minimum atomic E-state index is 0.712. The summed E-state index contributed by atoms with van der Waals surface area (Å²) in [6, 6.07) is 3.10. The highest BCUT2D eigenvalue weighted by Gasteiger charge is 2.30. The molecule has 0 atom stereocenters. The molecule has 2 rings (SSSR count). The lowest BCUT2D eigenvalue weighted by molar-refractivity contribution is 0.227. The maximum absolute atomic E-state index is 8.60. The molecule has 2 aliphatic rings. The Labute approximate surface area is 86.9 Å². The molecule has 0 spiro atoms. The highest BCUT2D eigenvalue weighted by atomic mass is 15.2. The molecule has 0 saturated heterocycles. The lowest BCUT2D eigenvalue weighted by Crippen LogP contribution is -2.31. The van der Waals surface area contributed by atoms with E-state index in [0.717, 1.165) is 18.5 Å². The first-order chi connectivity index (χ1) is 6.90. The Morgan fingerprint density at radius 3 is 2.43 bits per heavy atom. The van der Waals surface area contributed by atoms with Crippen LogP contribution in [-0.2, 0) is 0 Å². The molecule has 14 heavy (non-hydrogen) atoms. The third-order valence-corrected chi connectivity index (χ3v) is 3.54. The van der Waals surface area contributed by atoms with Crippen molar-refractivity contribution in [2.75, 3.05) is 13.1 Å². The maximum atomic E-state index is 8.60. The standard InChI is InChI=1S/C12H20N2/c13-8-3-9-14(12-6-7-12)10-11-4-1-2-5-11/h11-12H,1-7,9-10H2. The van der Waals surface area contributed by atoms with E-state index in [0.29, 0.717) is 6.42 Å². The van der Waals surface area contributed by atoms with Crippen LogP contribution in [0.2, 0.25) is 0 Å². The number of nitriles is 1. The average Bonchev–Trinajstić information content (AvgIpc) is 2.92. The fourth-order valence-electron chi connectivity index (χ4n) is 2.58. The van der Waals surface area contributed by atoms with Crippen molar-refractivity contribution in [3.05, 3.63) is 0 Å². The van der Waals surface area contributed by atoms with Crippen LogP contribution in [0.5, 0.6) is 0 Å². The zero-order chi connectivity index (χ0) is 9.80. The van der Waals surface area contributed by atoms with Gasteiger partial charge in [0.1, 0.15) is 0 Å². The van der Waals surface area contributed by atoms with Crippen LogP contribution in [0.25, 0.3) is 0 Å². The number of hydrogen-bond acceptors (Lipinski definition) is 2. The Morgan fingerprint density at radius 2 is 1.86 bits per heavy atom. The molecule has 0 radical (unpaired) electrons. The van der Waals surface area contributed by atoms with Crippen LogP contribution >= 0.6 is 0 Å². The highest BCUT2D eigenvalue weighted by molar-refractivity contribution is 4.88. The third kappa shape index (κ3) is 2.72. The van der Waals surface area contributed by atoms with Gasteiger partial charge in [-0.1, -0.05) is 12.8 Å². The van der Waals surface area contributed by atoms with Gasteiger partial charge >= 0.3 is 0 Å². The molecular weight excluding hydrogens is 172 g/mol. The van der Waals surface area contributed by atoms with Crippen molar-refractivity contribution in [1.82, 2.24) is 4.90 Å². The normalized spacial score (nSPS) is 22.9. The molecule has 0 heterocycles. The van der Waals surface area contributed by atoms with Gasteiger partial charge in [0.25, 0.3) is 0 Å². The number of nitrogens with zero attached hydrogens (tertiary/aromatic N) is 2. The molecular formula is C12H20N2. The van der Waals surface area contributed by atoms with Gasteiger partial charge in [0.05, 0.1) is 6.07 Å². The van der Waals surface area contributed by atoms with Crippen LogP contribution in [0.3, 0.4) is 0 Å². The SMILES string of the molecule is N#CCCN(CC1CCCC1)C1CC1. The van der Waals surface area contributed by atoms with E-state index < -0.39 is 0 Å². The molecule has 2 nitrogen and oxygen atoms in total. The van der Waals surface area contributed by atoms with E-state index in [1.54, 1.807) is 0 Å². The molecule has 2 heteroatoms. The van der Waals surface area contributed by atoms with Crippen molar-refractivity contribution in [3.8, 4) is 6.07 Å². The average molecular weight is 192 g/mol. The second kappa shape index (κ2) is 4.79. The Bertz CT molecular complexity index is 209. The third-order valence-electron chi connectivity index (χ3n) is 3.54. The summed E-state index contributed by atoms with van der Waals surface area (Å²) in [6.45, 7) is 2.28. The van der Waals surface area contributed by atoms with Gasteiger partial charge in [0, 0.05) is 25.6 Å². The summed E-state index contributed by atoms with van der Waals surface area (Å²) < 4.78 is 0. The predicted molar refractivity (Wildman–Crippen MR) is 56.8 cm³/mol. The molecule has 2 saturated carbocycles. The first-order valence-electron chi connectivity index (χ1n) is 6.01. The summed E-state index contributed by atoms with van der Waals surface area (Å²) in [4.78, 5) is 2.57. The Hall–Kier alpha value is -0.550. The van der Waals surface area contributed by atoms with Crippen molar-refractivity contribution in [1.29, 1.82) is 5.26 Å². The highest BCUT2D eigenvalue weighted by Crippen LogP contribution is 2.31. The van der Waals surface area contributed by atoms with Crippen LogP contribution in [0, 0.1) is 17.2 Å².